The maximum absolute atomic E-state index is 4.44. The van der Waals surface area contributed by atoms with Crippen molar-refractivity contribution in [3.63, 3.8) is 0 Å². The van der Waals surface area contributed by atoms with Crippen LogP contribution in [0.5, 0.6) is 0 Å². The summed E-state index contributed by atoms with van der Waals surface area (Å²) in [6.45, 7) is 7.69. The molecule has 0 fully saturated rings. The summed E-state index contributed by atoms with van der Waals surface area (Å²) < 4.78 is 2.11. The van der Waals surface area contributed by atoms with Gasteiger partial charge in [-0.2, -0.15) is 10.2 Å². The molecule has 0 saturated heterocycles. The summed E-state index contributed by atoms with van der Waals surface area (Å²) in [7, 11) is 0. The number of nitrogens with one attached hydrogen (secondary N) is 1. The molecule has 3 heterocycles. The summed E-state index contributed by atoms with van der Waals surface area (Å²) in [6.07, 6.45) is 6.23. The fourth-order valence-electron chi connectivity index (χ4n) is 2.53. The number of aromatic amines is 1. The minimum absolute atomic E-state index is 0.107. The van der Waals surface area contributed by atoms with Gasteiger partial charge in [-0.25, -0.2) is 0 Å². The Balaban J connectivity index is 2.13. The van der Waals surface area contributed by atoms with Crippen molar-refractivity contribution < 1.29 is 0 Å². The first-order valence-corrected chi connectivity index (χ1v) is 6.16. The van der Waals surface area contributed by atoms with Crippen LogP contribution in [0.1, 0.15) is 38.4 Å². The largest absolute Gasteiger partial charge is 0.277 e. The molecule has 0 spiro atoms. The Morgan fingerprint density at radius 2 is 2.12 bits per heavy atom. The minimum Gasteiger partial charge on any atom is -0.277 e. The molecule has 0 aliphatic carbocycles. The maximum atomic E-state index is 4.44. The first kappa shape index (κ1) is 10.6. The summed E-state index contributed by atoms with van der Waals surface area (Å²) in [5, 5.41) is 11.8. The van der Waals surface area contributed by atoms with Gasteiger partial charge < -0.3 is 0 Å². The van der Waals surface area contributed by atoms with Crippen LogP contribution >= 0.6 is 0 Å². The normalized spacial score (nSPS) is 15.2. The van der Waals surface area contributed by atoms with Gasteiger partial charge in [0.05, 0.1) is 18.1 Å². The van der Waals surface area contributed by atoms with E-state index < -0.39 is 0 Å². The van der Waals surface area contributed by atoms with E-state index in [0.29, 0.717) is 0 Å². The number of fused-ring (bicyclic) bond motifs is 1. The first-order valence-electron chi connectivity index (χ1n) is 6.16. The highest BCUT2D eigenvalue weighted by molar-refractivity contribution is 5.66. The summed E-state index contributed by atoms with van der Waals surface area (Å²) in [6, 6.07) is 0. The van der Waals surface area contributed by atoms with Crippen LogP contribution in [0.3, 0.4) is 0 Å². The third-order valence-electron chi connectivity index (χ3n) is 3.45. The lowest BCUT2D eigenvalue weighted by Gasteiger charge is -2.18. The van der Waals surface area contributed by atoms with E-state index in [9.17, 15) is 0 Å². The van der Waals surface area contributed by atoms with Gasteiger partial charge >= 0.3 is 0 Å². The zero-order chi connectivity index (χ0) is 12.0. The fraction of sp³-hybridized carbons (Fsp3) is 0.538. The average molecular weight is 230 g/mol. The molecule has 0 radical (unpaired) electrons. The van der Waals surface area contributed by atoms with Crippen LogP contribution < -0.4 is 0 Å². The molecule has 1 N–H and O–H groups in total. The van der Waals surface area contributed by atoms with Crippen molar-refractivity contribution in [3.05, 3.63) is 23.7 Å². The monoisotopic (exact) mass is 230 g/mol. The topological polar surface area (TPSA) is 46.5 Å². The van der Waals surface area contributed by atoms with Crippen LogP contribution in [-0.4, -0.2) is 20.0 Å². The molecule has 1 aliphatic heterocycles. The van der Waals surface area contributed by atoms with Gasteiger partial charge in [0.25, 0.3) is 0 Å². The molecule has 0 atom stereocenters. The van der Waals surface area contributed by atoms with Gasteiger partial charge in [-0.15, -0.1) is 0 Å². The minimum atomic E-state index is 0.107. The lowest BCUT2D eigenvalue weighted by molar-refractivity contribution is 0.592. The van der Waals surface area contributed by atoms with Gasteiger partial charge in [0, 0.05) is 23.4 Å². The van der Waals surface area contributed by atoms with E-state index in [-0.39, 0.29) is 5.41 Å². The average Bonchev–Trinajstić information content (AvgIpc) is 2.90. The van der Waals surface area contributed by atoms with Crippen LogP contribution in [0.25, 0.3) is 11.3 Å². The summed E-state index contributed by atoms with van der Waals surface area (Å²) >= 11 is 0. The van der Waals surface area contributed by atoms with Crippen LogP contribution in [0.4, 0.5) is 0 Å². The molecule has 0 aromatic carbocycles. The van der Waals surface area contributed by atoms with Crippen molar-refractivity contribution in [2.24, 2.45) is 0 Å². The lowest BCUT2D eigenvalue weighted by Crippen LogP contribution is -2.11. The van der Waals surface area contributed by atoms with E-state index in [1.54, 1.807) is 0 Å². The van der Waals surface area contributed by atoms with Crippen molar-refractivity contribution in [1.82, 2.24) is 20.0 Å². The number of aryl methyl sites for hydroxylation is 1. The van der Waals surface area contributed by atoms with Crippen molar-refractivity contribution in [1.29, 1.82) is 0 Å². The molecule has 4 nitrogen and oxygen atoms in total. The second-order valence-electron chi connectivity index (χ2n) is 5.74. The van der Waals surface area contributed by atoms with Crippen molar-refractivity contribution in [3.8, 4) is 11.3 Å². The molecule has 90 valence electrons. The van der Waals surface area contributed by atoms with Gasteiger partial charge in [0.15, 0.2) is 0 Å². The van der Waals surface area contributed by atoms with E-state index in [2.05, 4.69) is 40.7 Å². The zero-order valence-electron chi connectivity index (χ0n) is 10.6. The summed E-state index contributed by atoms with van der Waals surface area (Å²) in [5.74, 6) is 0. The Morgan fingerprint density at radius 3 is 2.88 bits per heavy atom. The second-order valence-corrected chi connectivity index (χ2v) is 5.74. The molecule has 0 bridgehead atoms. The summed E-state index contributed by atoms with van der Waals surface area (Å²) in [5.41, 5.74) is 5.08. The quantitative estimate of drug-likeness (QED) is 0.818. The number of rotatable bonds is 1. The molecule has 3 rings (SSSR count). The van der Waals surface area contributed by atoms with Crippen LogP contribution in [0.15, 0.2) is 12.4 Å². The Labute approximate surface area is 101 Å². The molecule has 4 heteroatoms. The molecular weight excluding hydrogens is 212 g/mol. The highest BCUT2D eigenvalue weighted by Crippen LogP contribution is 2.34. The standard InChI is InChI=1S/C13H18N4/c1-13(2,3)10-8-14-16-12(10)9-7-15-17-6-4-5-11(9)17/h7-8H,4-6H2,1-3H3,(H,14,16). The van der Waals surface area contributed by atoms with E-state index >= 15 is 0 Å². The Morgan fingerprint density at radius 1 is 1.29 bits per heavy atom. The molecule has 17 heavy (non-hydrogen) atoms. The van der Waals surface area contributed by atoms with Crippen LogP contribution in [0.2, 0.25) is 0 Å². The number of hydrogen-bond acceptors (Lipinski definition) is 2. The van der Waals surface area contributed by atoms with Gasteiger partial charge in [0.2, 0.25) is 0 Å². The van der Waals surface area contributed by atoms with Crippen LogP contribution in [0, 0.1) is 0 Å². The predicted molar refractivity (Wildman–Crippen MR) is 66.8 cm³/mol. The van der Waals surface area contributed by atoms with Gasteiger partial charge in [0.1, 0.15) is 0 Å². The van der Waals surface area contributed by atoms with Crippen molar-refractivity contribution in [2.45, 2.75) is 45.6 Å². The molecule has 2 aromatic rings. The zero-order valence-corrected chi connectivity index (χ0v) is 10.6. The molecule has 0 unspecified atom stereocenters. The molecule has 0 amide bonds. The number of hydrogen-bond donors (Lipinski definition) is 1. The van der Waals surface area contributed by atoms with Gasteiger partial charge in [-0.05, 0) is 18.3 Å². The molecule has 2 aromatic heterocycles. The fourth-order valence-corrected chi connectivity index (χ4v) is 2.53. The highest BCUT2D eigenvalue weighted by atomic mass is 15.3. The van der Waals surface area contributed by atoms with Crippen molar-refractivity contribution in [2.75, 3.05) is 0 Å². The van der Waals surface area contributed by atoms with E-state index in [1.807, 2.05) is 12.4 Å². The van der Waals surface area contributed by atoms with Gasteiger partial charge in [-0.3, -0.25) is 9.78 Å². The highest BCUT2D eigenvalue weighted by Gasteiger charge is 2.25. The van der Waals surface area contributed by atoms with E-state index in [4.69, 9.17) is 0 Å². The smallest absolute Gasteiger partial charge is 0.0721 e. The molecule has 0 saturated carbocycles. The van der Waals surface area contributed by atoms with Crippen molar-refractivity contribution >= 4 is 0 Å². The Bertz CT molecular complexity index is 542. The maximum Gasteiger partial charge on any atom is 0.0721 e. The predicted octanol–water partition coefficient (Wildman–Crippen LogP) is 2.52. The number of H-pyrrole nitrogens is 1. The Hall–Kier alpha value is -1.58. The summed E-state index contributed by atoms with van der Waals surface area (Å²) in [4.78, 5) is 0. The third-order valence-corrected chi connectivity index (χ3v) is 3.45. The third kappa shape index (κ3) is 1.59. The Kier molecular flexibility index (Phi) is 2.15. The van der Waals surface area contributed by atoms with Gasteiger partial charge in [-0.1, -0.05) is 20.8 Å². The van der Waals surface area contributed by atoms with E-state index in [1.165, 1.54) is 23.2 Å². The first-order chi connectivity index (χ1) is 8.07. The number of aromatic nitrogens is 4. The second kappa shape index (κ2) is 3.45. The van der Waals surface area contributed by atoms with Crippen LogP contribution in [-0.2, 0) is 18.4 Å². The molecule has 1 aliphatic rings. The SMILES string of the molecule is CC(C)(C)c1cn[nH]c1-c1cnn2c1CCC2. The lowest BCUT2D eigenvalue weighted by atomic mass is 9.86. The number of nitrogens with zero attached hydrogens (tertiary/aromatic N) is 3. The van der Waals surface area contributed by atoms with E-state index in [0.717, 1.165) is 18.7 Å². The molecular formula is C13H18N4.